The summed E-state index contributed by atoms with van der Waals surface area (Å²) >= 11 is 1.21. The van der Waals surface area contributed by atoms with Gasteiger partial charge in [0.2, 0.25) is 5.91 Å². The minimum absolute atomic E-state index is 0.152. The van der Waals surface area contributed by atoms with Crippen LogP contribution in [0, 0.1) is 0 Å². The first-order valence-corrected chi connectivity index (χ1v) is 7.52. The average Bonchev–Trinajstić information content (AvgIpc) is 2.38. The minimum atomic E-state index is -1.05. The number of carbonyl (C=O) groups is 2. The van der Waals surface area contributed by atoms with E-state index in [0.717, 1.165) is 11.3 Å². The first-order valence-electron chi connectivity index (χ1n) is 6.36. The second kappa shape index (κ2) is 7.91. The summed E-state index contributed by atoms with van der Waals surface area (Å²) in [4.78, 5) is 22.4. The van der Waals surface area contributed by atoms with Crippen LogP contribution in [0.4, 0.5) is 5.69 Å². The van der Waals surface area contributed by atoms with Crippen molar-refractivity contribution in [2.45, 2.75) is 25.8 Å². The number of nitrogens with two attached hydrogens (primary N) is 1. The molecule has 1 rings (SSSR count). The van der Waals surface area contributed by atoms with Crippen LogP contribution in [0.2, 0.25) is 0 Å². The summed E-state index contributed by atoms with van der Waals surface area (Å²) in [6.07, 6.45) is 0. The van der Waals surface area contributed by atoms with Crippen molar-refractivity contribution in [2.24, 2.45) is 5.73 Å². The maximum Gasteiger partial charge on any atom is 0.321 e. The lowest BCUT2D eigenvalue weighted by Gasteiger charge is -2.13. The van der Waals surface area contributed by atoms with Gasteiger partial charge in [-0.3, -0.25) is 9.59 Å². The fourth-order valence-corrected chi connectivity index (χ4v) is 2.42. The van der Waals surface area contributed by atoms with Gasteiger partial charge >= 0.3 is 5.97 Å². The first-order chi connectivity index (χ1) is 9.41. The molecule has 0 aliphatic heterocycles. The maximum atomic E-state index is 11.8. The second-order valence-corrected chi connectivity index (χ2v) is 5.78. The van der Waals surface area contributed by atoms with Crippen molar-refractivity contribution in [1.29, 1.82) is 0 Å². The molecule has 1 amide bonds. The van der Waals surface area contributed by atoms with E-state index in [9.17, 15) is 9.59 Å². The van der Waals surface area contributed by atoms with Crippen LogP contribution in [-0.4, -0.2) is 34.5 Å². The number of benzene rings is 1. The third-order valence-corrected chi connectivity index (χ3v) is 3.77. The molecule has 6 heteroatoms. The zero-order valence-electron chi connectivity index (χ0n) is 11.6. The van der Waals surface area contributed by atoms with E-state index in [1.165, 1.54) is 11.8 Å². The Hall–Kier alpha value is -1.53. The molecule has 0 radical (unpaired) electrons. The number of para-hydroxylation sites is 1. The lowest BCUT2D eigenvalue weighted by atomic mass is 10.0. The number of rotatable bonds is 7. The number of hydrogen-bond acceptors (Lipinski definition) is 4. The Morgan fingerprint density at radius 2 is 2.00 bits per heavy atom. The van der Waals surface area contributed by atoms with Gasteiger partial charge in [0.05, 0.1) is 5.75 Å². The van der Waals surface area contributed by atoms with Crippen molar-refractivity contribution in [3.8, 4) is 0 Å². The van der Waals surface area contributed by atoms with Gasteiger partial charge < -0.3 is 16.2 Å². The largest absolute Gasteiger partial charge is 0.480 e. The number of carboxylic acid groups (broad SMARTS) is 1. The molecule has 0 fully saturated rings. The molecule has 5 nitrogen and oxygen atoms in total. The molecule has 20 heavy (non-hydrogen) atoms. The zero-order valence-corrected chi connectivity index (χ0v) is 12.4. The lowest BCUT2D eigenvalue weighted by molar-refractivity contribution is -0.137. The number of aliphatic carboxylic acids is 1. The lowest BCUT2D eigenvalue weighted by Crippen LogP contribution is -2.33. The molecule has 0 unspecified atom stereocenters. The van der Waals surface area contributed by atoms with Crippen LogP contribution < -0.4 is 11.1 Å². The number of hydrogen-bond donors (Lipinski definition) is 3. The molecule has 0 heterocycles. The molecular weight excluding hydrogens is 276 g/mol. The molecule has 0 saturated carbocycles. The normalized spacial score (nSPS) is 12.2. The predicted molar refractivity (Wildman–Crippen MR) is 82.1 cm³/mol. The van der Waals surface area contributed by atoms with Gasteiger partial charge in [-0.1, -0.05) is 32.0 Å². The van der Waals surface area contributed by atoms with Crippen LogP contribution in [0.3, 0.4) is 0 Å². The molecule has 1 atom stereocenters. The van der Waals surface area contributed by atoms with Crippen molar-refractivity contribution < 1.29 is 14.7 Å². The Morgan fingerprint density at radius 1 is 1.35 bits per heavy atom. The summed E-state index contributed by atoms with van der Waals surface area (Å²) in [6, 6.07) is 6.71. The number of anilines is 1. The number of nitrogens with one attached hydrogen (secondary N) is 1. The number of carboxylic acids is 1. The van der Waals surface area contributed by atoms with Crippen molar-refractivity contribution >= 4 is 29.3 Å². The van der Waals surface area contributed by atoms with Crippen LogP contribution in [-0.2, 0) is 9.59 Å². The molecule has 110 valence electrons. The molecule has 0 aliphatic rings. The highest BCUT2D eigenvalue weighted by atomic mass is 32.2. The molecule has 0 aromatic heterocycles. The van der Waals surface area contributed by atoms with Crippen LogP contribution in [0.5, 0.6) is 0 Å². The van der Waals surface area contributed by atoms with Gasteiger partial charge in [0.25, 0.3) is 0 Å². The molecule has 0 aliphatic carbocycles. The van der Waals surface area contributed by atoms with Crippen LogP contribution in [0.25, 0.3) is 0 Å². The van der Waals surface area contributed by atoms with Crippen LogP contribution >= 0.6 is 11.8 Å². The van der Waals surface area contributed by atoms with Gasteiger partial charge in [0.15, 0.2) is 0 Å². The maximum absolute atomic E-state index is 11.8. The summed E-state index contributed by atoms with van der Waals surface area (Å²) in [5.41, 5.74) is 7.25. The Labute approximate surface area is 122 Å². The van der Waals surface area contributed by atoms with Gasteiger partial charge in [-0.15, -0.1) is 11.8 Å². The van der Waals surface area contributed by atoms with Crippen molar-refractivity contribution in [3.63, 3.8) is 0 Å². The number of carbonyl (C=O) groups excluding carboxylic acids is 1. The van der Waals surface area contributed by atoms with Gasteiger partial charge in [0.1, 0.15) is 6.04 Å². The van der Waals surface area contributed by atoms with Crippen molar-refractivity contribution in [2.75, 3.05) is 16.8 Å². The quantitative estimate of drug-likeness (QED) is 0.714. The molecule has 1 aromatic rings. The fourth-order valence-electron chi connectivity index (χ4n) is 1.65. The first kappa shape index (κ1) is 16.5. The Morgan fingerprint density at radius 3 is 2.60 bits per heavy atom. The van der Waals surface area contributed by atoms with Crippen LogP contribution in [0.1, 0.15) is 25.3 Å². The third kappa shape index (κ3) is 5.22. The Bertz CT molecular complexity index is 477. The van der Waals surface area contributed by atoms with E-state index < -0.39 is 12.0 Å². The van der Waals surface area contributed by atoms with Crippen molar-refractivity contribution in [3.05, 3.63) is 29.8 Å². The van der Waals surface area contributed by atoms with Gasteiger partial charge in [-0.05, 0) is 17.5 Å². The molecule has 1 aromatic carbocycles. The zero-order chi connectivity index (χ0) is 15.1. The third-order valence-electron chi connectivity index (χ3n) is 2.70. The monoisotopic (exact) mass is 296 g/mol. The van der Waals surface area contributed by atoms with Gasteiger partial charge in [-0.25, -0.2) is 0 Å². The summed E-state index contributed by atoms with van der Waals surface area (Å²) in [5, 5.41) is 11.5. The highest BCUT2D eigenvalue weighted by molar-refractivity contribution is 8.00. The minimum Gasteiger partial charge on any atom is -0.480 e. The van der Waals surface area contributed by atoms with Gasteiger partial charge in [-0.2, -0.15) is 0 Å². The van der Waals surface area contributed by atoms with Crippen molar-refractivity contribution in [1.82, 2.24) is 0 Å². The van der Waals surface area contributed by atoms with E-state index in [0.29, 0.717) is 5.92 Å². The van der Waals surface area contributed by atoms with E-state index in [2.05, 4.69) is 19.2 Å². The molecule has 0 spiro atoms. The summed E-state index contributed by atoms with van der Waals surface area (Å²) in [6.45, 7) is 4.12. The Balaban J connectivity index is 2.49. The van der Waals surface area contributed by atoms with Crippen LogP contribution in [0.15, 0.2) is 24.3 Å². The SMILES string of the molecule is CC(C)c1ccccc1NC(=O)CSC[C@H](N)C(=O)O. The standard InChI is InChI=1S/C14H20N2O3S/c1-9(2)10-5-3-4-6-12(10)16-13(17)8-20-7-11(15)14(18)19/h3-6,9,11H,7-8,15H2,1-2H3,(H,16,17)(H,18,19)/t11-/m0/s1. The van der Waals surface area contributed by atoms with E-state index in [-0.39, 0.29) is 17.4 Å². The molecule has 0 saturated heterocycles. The highest BCUT2D eigenvalue weighted by Crippen LogP contribution is 2.23. The highest BCUT2D eigenvalue weighted by Gasteiger charge is 2.13. The summed E-state index contributed by atoms with van der Waals surface area (Å²) in [7, 11) is 0. The molecule has 4 N–H and O–H groups in total. The van der Waals surface area contributed by atoms with E-state index in [1.54, 1.807) is 0 Å². The number of amides is 1. The average molecular weight is 296 g/mol. The fraction of sp³-hybridized carbons (Fsp3) is 0.429. The Kier molecular flexibility index (Phi) is 6.54. The van der Waals surface area contributed by atoms with E-state index in [1.807, 2.05) is 24.3 Å². The topological polar surface area (TPSA) is 92.4 Å². The molecule has 0 bridgehead atoms. The summed E-state index contributed by atoms with van der Waals surface area (Å²) < 4.78 is 0. The second-order valence-electron chi connectivity index (χ2n) is 4.75. The number of thioether (sulfide) groups is 1. The smallest absolute Gasteiger partial charge is 0.321 e. The van der Waals surface area contributed by atoms with Gasteiger partial charge in [0, 0.05) is 11.4 Å². The van der Waals surface area contributed by atoms with E-state index in [4.69, 9.17) is 10.8 Å². The molecular formula is C14H20N2O3S. The summed E-state index contributed by atoms with van der Waals surface area (Å²) in [5.74, 6) is -0.481. The van der Waals surface area contributed by atoms with E-state index >= 15 is 0 Å². The predicted octanol–water partition coefficient (Wildman–Crippen LogP) is 1.89.